The first-order valence-electron chi connectivity index (χ1n) is 8.51. The average molecular weight is 275 g/mol. The van der Waals surface area contributed by atoms with Crippen LogP contribution < -0.4 is 5.32 Å². The molecule has 1 heterocycles. The van der Waals surface area contributed by atoms with Crippen LogP contribution in [0.5, 0.6) is 0 Å². The predicted molar refractivity (Wildman–Crippen MR) is 82.7 cm³/mol. The van der Waals surface area contributed by atoms with E-state index in [1.807, 2.05) is 0 Å². The van der Waals surface area contributed by atoms with Gasteiger partial charge in [-0.3, -0.25) is 0 Å². The van der Waals surface area contributed by atoms with Gasteiger partial charge in [-0.05, 0) is 49.3 Å². The molecular formula is C18H29NO. The van der Waals surface area contributed by atoms with Crippen LogP contribution in [0.25, 0.3) is 0 Å². The van der Waals surface area contributed by atoms with E-state index in [0.717, 1.165) is 36.6 Å². The number of nitrogens with one attached hydrogen (secondary N) is 1. The first-order chi connectivity index (χ1) is 9.72. The normalized spacial score (nSPS) is 33.3. The molecule has 0 amide bonds. The molecule has 0 aliphatic heterocycles. The summed E-state index contributed by atoms with van der Waals surface area (Å²) in [4.78, 5) is 0. The van der Waals surface area contributed by atoms with Gasteiger partial charge in [-0.1, -0.05) is 39.5 Å². The van der Waals surface area contributed by atoms with Crippen LogP contribution in [0.4, 0.5) is 0 Å². The molecule has 112 valence electrons. The maximum Gasteiger partial charge on any atom is 0.117 e. The number of hydrogen-bond donors (Lipinski definition) is 1. The van der Waals surface area contributed by atoms with Crippen LogP contribution in [0, 0.1) is 17.8 Å². The maximum absolute atomic E-state index is 5.92. The summed E-state index contributed by atoms with van der Waals surface area (Å²) in [5, 5.41) is 3.55. The summed E-state index contributed by atoms with van der Waals surface area (Å²) < 4.78 is 5.92. The Kier molecular flexibility index (Phi) is 4.50. The van der Waals surface area contributed by atoms with Crippen molar-refractivity contribution in [3.05, 3.63) is 23.7 Å². The van der Waals surface area contributed by atoms with Crippen molar-refractivity contribution in [1.29, 1.82) is 0 Å². The predicted octanol–water partition coefficient (Wildman–Crippen LogP) is 4.71. The third-order valence-corrected chi connectivity index (χ3v) is 5.32. The Balaban J connectivity index is 1.32. The first kappa shape index (κ1) is 14.2. The molecule has 2 nitrogen and oxygen atoms in total. The number of hydrogen-bond acceptors (Lipinski definition) is 2. The van der Waals surface area contributed by atoms with Crippen molar-refractivity contribution in [3.63, 3.8) is 0 Å². The fraction of sp³-hybridized carbons (Fsp3) is 0.778. The molecule has 0 bridgehead atoms. The highest BCUT2D eigenvalue weighted by molar-refractivity contribution is 5.17. The second kappa shape index (κ2) is 6.34. The smallest absolute Gasteiger partial charge is 0.117 e. The van der Waals surface area contributed by atoms with Crippen LogP contribution in [0.2, 0.25) is 0 Å². The van der Waals surface area contributed by atoms with Gasteiger partial charge >= 0.3 is 0 Å². The minimum absolute atomic E-state index is 0.702. The van der Waals surface area contributed by atoms with Gasteiger partial charge in [0.1, 0.15) is 11.5 Å². The Bertz CT molecular complexity index is 417. The average Bonchev–Trinajstić information content (AvgIpc) is 3.00. The molecular weight excluding hydrogens is 246 g/mol. The molecule has 0 spiro atoms. The van der Waals surface area contributed by atoms with Gasteiger partial charge in [0.25, 0.3) is 0 Å². The van der Waals surface area contributed by atoms with Crippen molar-refractivity contribution < 1.29 is 4.42 Å². The molecule has 2 saturated carbocycles. The van der Waals surface area contributed by atoms with Gasteiger partial charge in [-0.25, -0.2) is 0 Å². The number of rotatable bonds is 6. The first-order valence-corrected chi connectivity index (χ1v) is 8.51. The van der Waals surface area contributed by atoms with Gasteiger partial charge in [0.15, 0.2) is 0 Å². The Morgan fingerprint density at radius 3 is 2.60 bits per heavy atom. The SMILES string of the molecule is CC1CCC(CCNCc2ccc(C3CC3C)o2)CC1. The fourth-order valence-electron chi connectivity index (χ4n) is 3.54. The summed E-state index contributed by atoms with van der Waals surface area (Å²) in [7, 11) is 0. The van der Waals surface area contributed by atoms with E-state index in [0.29, 0.717) is 5.92 Å². The highest BCUT2D eigenvalue weighted by Gasteiger charge is 2.36. The Morgan fingerprint density at radius 2 is 1.90 bits per heavy atom. The Hall–Kier alpha value is -0.760. The second-order valence-electron chi connectivity index (χ2n) is 7.21. The van der Waals surface area contributed by atoms with E-state index in [-0.39, 0.29) is 0 Å². The van der Waals surface area contributed by atoms with E-state index in [1.54, 1.807) is 0 Å². The molecule has 0 radical (unpaired) electrons. The van der Waals surface area contributed by atoms with Crippen molar-refractivity contribution in [2.45, 2.75) is 64.8 Å². The highest BCUT2D eigenvalue weighted by atomic mass is 16.3. The topological polar surface area (TPSA) is 25.2 Å². The summed E-state index contributed by atoms with van der Waals surface area (Å²) in [5.41, 5.74) is 0. The highest BCUT2D eigenvalue weighted by Crippen LogP contribution is 2.47. The lowest BCUT2D eigenvalue weighted by Gasteiger charge is -2.26. The Morgan fingerprint density at radius 1 is 1.15 bits per heavy atom. The van der Waals surface area contributed by atoms with E-state index >= 15 is 0 Å². The molecule has 1 aromatic heterocycles. The molecule has 0 saturated heterocycles. The third kappa shape index (κ3) is 3.66. The third-order valence-electron chi connectivity index (χ3n) is 5.32. The van der Waals surface area contributed by atoms with Gasteiger partial charge < -0.3 is 9.73 Å². The standard InChI is InChI=1S/C18H29NO/c1-13-3-5-15(6-4-13)9-10-19-12-16-7-8-18(20-16)17-11-14(17)2/h7-8,13-15,17,19H,3-6,9-12H2,1-2H3. The lowest BCUT2D eigenvalue weighted by atomic mass is 9.81. The molecule has 0 aromatic carbocycles. The number of furan rings is 1. The van der Waals surface area contributed by atoms with Crippen molar-refractivity contribution >= 4 is 0 Å². The zero-order valence-electron chi connectivity index (χ0n) is 13.0. The molecule has 2 unspecified atom stereocenters. The van der Waals surface area contributed by atoms with Gasteiger partial charge in [0.05, 0.1) is 6.54 Å². The van der Waals surface area contributed by atoms with E-state index in [9.17, 15) is 0 Å². The molecule has 3 rings (SSSR count). The summed E-state index contributed by atoms with van der Waals surface area (Å²) in [6.45, 7) is 6.72. The largest absolute Gasteiger partial charge is 0.464 e. The summed E-state index contributed by atoms with van der Waals surface area (Å²) in [6.07, 6.45) is 8.39. The van der Waals surface area contributed by atoms with Crippen molar-refractivity contribution in [3.8, 4) is 0 Å². The summed E-state index contributed by atoms with van der Waals surface area (Å²) in [5.74, 6) is 5.76. The van der Waals surface area contributed by atoms with E-state index < -0.39 is 0 Å². The molecule has 2 fully saturated rings. The van der Waals surface area contributed by atoms with E-state index in [2.05, 4.69) is 31.3 Å². The van der Waals surface area contributed by atoms with Crippen molar-refractivity contribution in [2.24, 2.45) is 17.8 Å². The van der Waals surface area contributed by atoms with E-state index in [1.165, 1.54) is 44.3 Å². The van der Waals surface area contributed by atoms with Gasteiger partial charge in [0.2, 0.25) is 0 Å². The van der Waals surface area contributed by atoms with Crippen LogP contribution in [0.15, 0.2) is 16.5 Å². The minimum Gasteiger partial charge on any atom is -0.464 e. The molecule has 1 N–H and O–H groups in total. The summed E-state index contributed by atoms with van der Waals surface area (Å²) in [6, 6.07) is 4.32. The van der Waals surface area contributed by atoms with Gasteiger partial charge in [-0.15, -0.1) is 0 Å². The molecule has 1 aromatic rings. The quantitative estimate of drug-likeness (QED) is 0.761. The molecule has 2 atom stereocenters. The molecule has 2 aliphatic carbocycles. The van der Waals surface area contributed by atoms with Crippen LogP contribution in [0.1, 0.15) is 69.8 Å². The van der Waals surface area contributed by atoms with Crippen molar-refractivity contribution in [2.75, 3.05) is 6.54 Å². The molecule has 2 heteroatoms. The van der Waals surface area contributed by atoms with Crippen LogP contribution in [0.3, 0.4) is 0 Å². The summed E-state index contributed by atoms with van der Waals surface area (Å²) >= 11 is 0. The lowest BCUT2D eigenvalue weighted by molar-refractivity contribution is 0.274. The zero-order chi connectivity index (χ0) is 13.9. The van der Waals surface area contributed by atoms with Gasteiger partial charge in [0, 0.05) is 5.92 Å². The van der Waals surface area contributed by atoms with Crippen LogP contribution >= 0.6 is 0 Å². The fourth-order valence-corrected chi connectivity index (χ4v) is 3.54. The Labute approximate surface area is 123 Å². The van der Waals surface area contributed by atoms with Crippen LogP contribution in [-0.2, 0) is 6.54 Å². The van der Waals surface area contributed by atoms with Crippen molar-refractivity contribution in [1.82, 2.24) is 5.32 Å². The van der Waals surface area contributed by atoms with Gasteiger partial charge in [-0.2, -0.15) is 0 Å². The van der Waals surface area contributed by atoms with E-state index in [4.69, 9.17) is 4.42 Å². The monoisotopic (exact) mass is 275 g/mol. The van der Waals surface area contributed by atoms with Crippen LogP contribution in [-0.4, -0.2) is 6.54 Å². The minimum atomic E-state index is 0.702. The maximum atomic E-state index is 5.92. The zero-order valence-corrected chi connectivity index (χ0v) is 13.0. The lowest BCUT2D eigenvalue weighted by Crippen LogP contribution is -2.20. The second-order valence-corrected chi connectivity index (χ2v) is 7.21. The molecule has 2 aliphatic rings. The molecule has 20 heavy (non-hydrogen) atoms.